The van der Waals surface area contributed by atoms with E-state index in [0.29, 0.717) is 31.5 Å². The average molecular weight is 461 g/mol. The van der Waals surface area contributed by atoms with Gasteiger partial charge in [0.1, 0.15) is 12.4 Å². The van der Waals surface area contributed by atoms with E-state index in [1.165, 1.54) is 48.8 Å². The van der Waals surface area contributed by atoms with Gasteiger partial charge >= 0.3 is 5.97 Å². The molecule has 5 atom stereocenters. The highest BCUT2D eigenvalue weighted by Gasteiger charge is 2.55. The zero-order chi connectivity index (χ0) is 23.7. The maximum atomic E-state index is 12.3. The first-order valence-corrected chi connectivity index (χ1v) is 13.5. The number of ether oxygens (including phenoxy) is 2. The smallest absolute Gasteiger partial charge is 0.306 e. The zero-order valence-corrected chi connectivity index (χ0v) is 21.1. The molecule has 0 aromatic heterocycles. The summed E-state index contributed by atoms with van der Waals surface area (Å²) in [6.45, 7) is 7.75. The molecule has 0 N–H and O–H groups in total. The Morgan fingerprint density at radius 1 is 1.06 bits per heavy atom. The van der Waals surface area contributed by atoms with E-state index in [1.54, 1.807) is 5.56 Å². The molecule has 0 saturated heterocycles. The molecular weight excluding hydrogens is 420 g/mol. The molecule has 0 heterocycles. The molecule has 182 valence electrons. The summed E-state index contributed by atoms with van der Waals surface area (Å²) < 4.78 is 11.6. The van der Waals surface area contributed by atoms with E-state index < -0.39 is 0 Å². The predicted octanol–water partition coefficient (Wildman–Crippen LogP) is 7.25. The van der Waals surface area contributed by atoms with Gasteiger partial charge in [0, 0.05) is 6.42 Å². The van der Waals surface area contributed by atoms with Crippen LogP contribution in [0.5, 0.6) is 5.75 Å². The summed E-state index contributed by atoms with van der Waals surface area (Å²) >= 11 is 0. The van der Waals surface area contributed by atoms with Crippen LogP contribution >= 0.6 is 0 Å². The molecule has 0 amide bonds. The van der Waals surface area contributed by atoms with Gasteiger partial charge in [-0.2, -0.15) is 0 Å². The fourth-order valence-corrected chi connectivity index (χ4v) is 7.66. The van der Waals surface area contributed by atoms with Gasteiger partial charge in [0.2, 0.25) is 0 Å². The van der Waals surface area contributed by atoms with Gasteiger partial charge in [0.05, 0.1) is 6.61 Å². The average Bonchev–Trinajstić information content (AvgIpc) is 3.18. The summed E-state index contributed by atoms with van der Waals surface area (Å²) in [6, 6.07) is 15.3. The second-order valence-corrected chi connectivity index (χ2v) is 11.0. The van der Waals surface area contributed by atoms with Crippen LogP contribution in [-0.2, 0) is 29.0 Å². The second-order valence-electron chi connectivity index (χ2n) is 11.0. The lowest BCUT2D eigenvalue weighted by atomic mass is 9.54. The first kappa shape index (κ1) is 23.5. The first-order chi connectivity index (χ1) is 16.5. The fourth-order valence-electron chi connectivity index (χ4n) is 7.66. The van der Waals surface area contributed by atoms with Crippen molar-refractivity contribution in [2.45, 2.75) is 84.7 Å². The molecule has 3 aliphatic rings. The highest BCUT2D eigenvalue weighted by molar-refractivity contribution is 5.69. The minimum Gasteiger partial charge on any atom is -0.489 e. The standard InChI is InChI=1S/C31H40O3/c1-4-22-17-27-23(18-29(22)34-20-21-9-7-6-8-10-21)11-13-26-25(27)15-16-31(3)24(12-14-28(26)31)19-30(32)33-5-2/h6-10,17-18,24-26,28H,4-5,11-16,19-20H2,1-3H3. The normalized spacial score (nSPS) is 29.6. The van der Waals surface area contributed by atoms with E-state index in [2.05, 4.69) is 56.3 Å². The Balaban J connectivity index is 1.35. The van der Waals surface area contributed by atoms with Crippen molar-refractivity contribution in [3.8, 4) is 5.75 Å². The molecule has 3 heteroatoms. The van der Waals surface area contributed by atoms with Gasteiger partial charge in [-0.3, -0.25) is 4.79 Å². The van der Waals surface area contributed by atoms with Crippen LogP contribution in [0.4, 0.5) is 0 Å². The lowest BCUT2D eigenvalue weighted by molar-refractivity contribution is -0.145. The highest BCUT2D eigenvalue weighted by atomic mass is 16.5. The minimum atomic E-state index is 0.00103. The van der Waals surface area contributed by atoms with Crippen LogP contribution in [0.3, 0.4) is 0 Å². The van der Waals surface area contributed by atoms with Crippen molar-refractivity contribution >= 4 is 5.97 Å². The third-order valence-corrected chi connectivity index (χ3v) is 9.44. The third kappa shape index (κ3) is 4.27. The van der Waals surface area contributed by atoms with E-state index in [0.717, 1.165) is 30.4 Å². The number of hydrogen-bond acceptors (Lipinski definition) is 3. The number of carbonyl (C=O) groups excluding carboxylic acids is 1. The van der Waals surface area contributed by atoms with Gasteiger partial charge in [0.15, 0.2) is 0 Å². The van der Waals surface area contributed by atoms with Crippen molar-refractivity contribution in [2.75, 3.05) is 6.61 Å². The summed E-state index contributed by atoms with van der Waals surface area (Å²) in [5.74, 6) is 3.70. The van der Waals surface area contributed by atoms with Crippen LogP contribution < -0.4 is 4.74 Å². The molecule has 3 aliphatic carbocycles. The van der Waals surface area contributed by atoms with Crippen LogP contribution in [0.25, 0.3) is 0 Å². The predicted molar refractivity (Wildman–Crippen MR) is 136 cm³/mol. The van der Waals surface area contributed by atoms with E-state index in [-0.39, 0.29) is 11.4 Å². The number of fused-ring (bicyclic) bond motifs is 5. The molecule has 34 heavy (non-hydrogen) atoms. The number of hydrogen-bond donors (Lipinski definition) is 0. The second kappa shape index (κ2) is 9.76. The van der Waals surface area contributed by atoms with Crippen LogP contribution in [0.2, 0.25) is 0 Å². The zero-order valence-electron chi connectivity index (χ0n) is 21.1. The van der Waals surface area contributed by atoms with Gasteiger partial charge in [-0.25, -0.2) is 0 Å². The Bertz CT molecular complexity index is 1010. The third-order valence-electron chi connectivity index (χ3n) is 9.44. The number of esters is 1. The minimum absolute atomic E-state index is 0.00103. The molecule has 0 aliphatic heterocycles. The fraction of sp³-hybridized carbons (Fsp3) is 0.581. The monoisotopic (exact) mass is 460 g/mol. The lowest BCUT2D eigenvalue weighted by Gasteiger charge is -2.51. The van der Waals surface area contributed by atoms with Crippen molar-refractivity contribution in [3.63, 3.8) is 0 Å². The Morgan fingerprint density at radius 2 is 1.88 bits per heavy atom. The van der Waals surface area contributed by atoms with E-state index >= 15 is 0 Å². The maximum absolute atomic E-state index is 12.3. The van der Waals surface area contributed by atoms with E-state index in [1.807, 2.05) is 6.92 Å². The van der Waals surface area contributed by atoms with E-state index in [4.69, 9.17) is 9.47 Å². The van der Waals surface area contributed by atoms with Gasteiger partial charge < -0.3 is 9.47 Å². The van der Waals surface area contributed by atoms with Crippen LogP contribution in [-0.4, -0.2) is 12.6 Å². The molecular formula is C31H40O3. The maximum Gasteiger partial charge on any atom is 0.306 e. The summed E-state index contributed by atoms with van der Waals surface area (Å²) in [4.78, 5) is 12.3. The van der Waals surface area contributed by atoms with Crippen molar-refractivity contribution in [1.29, 1.82) is 0 Å². The van der Waals surface area contributed by atoms with Crippen molar-refractivity contribution in [2.24, 2.45) is 23.2 Å². The topological polar surface area (TPSA) is 35.5 Å². The molecule has 2 aromatic carbocycles. The summed E-state index contributed by atoms with van der Waals surface area (Å²) in [5, 5.41) is 0. The molecule has 0 spiro atoms. The molecule has 5 rings (SSSR count). The number of aryl methyl sites for hydroxylation is 2. The summed E-state index contributed by atoms with van der Waals surface area (Å²) in [6.07, 6.45) is 8.96. The molecule has 0 bridgehead atoms. The Labute approximate surface area is 205 Å². The van der Waals surface area contributed by atoms with E-state index in [9.17, 15) is 4.79 Å². The van der Waals surface area contributed by atoms with Crippen LogP contribution in [0.1, 0.15) is 87.5 Å². The van der Waals surface area contributed by atoms with Gasteiger partial charge in [-0.05, 0) is 109 Å². The first-order valence-electron chi connectivity index (χ1n) is 13.5. The summed E-state index contributed by atoms with van der Waals surface area (Å²) in [7, 11) is 0. The highest BCUT2D eigenvalue weighted by Crippen LogP contribution is 2.63. The lowest BCUT2D eigenvalue weighted by Crippen LogP contribution is -2.42. The Hall–Kier alpha value is -2.29. The molecule has 2 aromatic rings. The number of benzene rings is 2. The van der Waals surface area contributed by atoms with Gasteiger partial charge in [-0.1, -0.05) is 50.2 Å². The summed E-state index contributed by atoms with van der Waals surface area (Å²) in [5.41, 5.74) is 5.95. The SMILES string of the molecule is CCOC(=O)CC1CCC2C3CCc4cc(OCc5ccccc5)c(CC)cc4C3CCC12C. The molecule has 2 saturated carbocycles. The van der Waals surface area contributed by atoms with Crippen molar-refractivity contribution in [3.05, 3.63) is 64.7 Å². The van der Waals surface area contributed by atoms with Crippen LogP contribution in [0.15, 0.2) is 42.5 Å². The molecule has 2 fully saturated rings. The van der Waals surface area contributed by atoms with Crippen molar-refractivity contribution in [1.82, 2.24) is 0 Å². The number of carbonyl (C=O) groups is 1. The quantitative estimate of drug-likeness (QED) is 0.408. The largest absolute Gasteiger partial charge is 0.489 e. The number of rotatable bonds is 7. The van der Waals surface area contributed by atoms with Crippen LogP contribution in [0, 0.1) is 23.2 Å². The molecule has 5 unspecified atom stereocenters. The molecule has 3 nitrogen and oxygen atoms in total. The van der Waals surface area contributed by atoms with Gasteiger partial charge in [-0.15, -0.1) is 0 Å². The Morgan fingerprint density at radius 3 is 2.65 bits per heavy atom. The Kier molecular flexibility index (Phi) is 6.73. The molecule has 0 radical (unpaired) electrons. The van der Waals surface area contributed by atoms with Gasteiger partial charge in [0.25, 0.3) is 0 Å². The van der Waals surface area contributed by atoms with Crippen molar-refractivity contribution < 1.29 is 14.3 Å².